The van der Waals surface area contributed by atoms with Crippen molar-refractivity contribution in [3.05, 3.63) is 145 Å². The second kappa shape index (κ2) is 20.0. The molecule has 0 atom stereocenters. The van der Waals surface area contributed by atoms with Gasteiger partial charge in [-0.25, -0.2) is 0 Å². The van der Waals surface area contributed by atoms with Crippen LogP contribution in [0.1, 0.15) is 82.1 Å². The second-order valence-corrected chi connectivity index (χ2v) is 12.0. The fourth-order valence-electron chi connectivity index (χ4n) is 5.53. The monoisotopic (exact) mass is 816 g/mol. The molecular weight excluding hydrogens is 766 g/mol. The molecule has 0 aromatic heterocycles. The molecule has 6 rings (SSSR count). The first kappa shape index (κ1) is 41.6. The molecule has 0 unspecified atom stereocenters. The van der Waals surface area contributed by atoms with E-state index in [1.807, 2.05) is 0 Å². The number of hydrogen-bond donors (Lipinski definition) is 0. The van der Waals surface area contributed by atoms with Crippen LogP contribution in [0.3, 0.4) is 0 Å². The van der Waals surface area contributed by atoms with Crippen molar-refractivity contribution in [1.29, 1.82) is 0 Å². The van der Waals surface area contributed by atoms with E-state index in [1.165, 1.54) is 66.1 Å². The van der Waals surface area contributed by atoms with E-state index in [-0.39, 0.29) is 50.7 Å². The molecule has 240 valence electrons. The van der Waals surface area contributed by atoms with Gasteiger partial charge < -0.3 is 20.3 Å². The van der Waals surface area contributed by atoms with Gasteiger partial charge in [0.15, 0.2) is 0 Å². The fourth-order valence-corrected chi connectivity index (χ4v) is 5.53. The Morgan fingerprint density at radius 1 is 0.543 bits per heavy atom. The summed E-state index contributed by atoms with van der Waals surface area (Å²) in [5.74, 6) is 1.16. The second-order valence-electron chi connectivity index (χ2n) is 12.0. The summed E-state index contributed by atoms with van der Waals surface area (Å²) in [6, 6.07) is 40.5. The summed E-state index contributed by atoms with van der Waals surface area (Å²) in [7, 11) is 0. The zero-order valence-electron chi connectivity index (χ0n) is 28.4. The van der Waals surface area contributed by atoms with Gasteiger partial charge in [-0.05, 0) is 46.9 Å². The minimum Gasteiger partial charge on any atom is -0.372 e. The summed E-state index contributed by atoms with van der Waals surface area (Å²) in [6.07, 6.45) is 2.94. The molecule has 0 saturated heterocycles. The minimum atomic E-state index is 0. The van der Waals surface area contributed by atoms with Crippen LogP contribution in [-0.4, -0.2) is 0 Å². The summed E-state index contributed by atoms with van der Waals surface area (Å²) in [4.78, 5) is 0. The number of benzene rings is 4. The molecule has 0 amide bonds. The molecule has 0 spiro atoms. The van der Waals surface area contributed by atoms with E-state index in [1.54, 1.807) is 0 Å². The zero-order chi connectivity index (χ0) is 30.9. The predicted molar refractivity (Wildman–Crippen MR) is 207 cm³/mol. The number of aryl methyl sites for hydroxylation is 2. The summed E-state index contributed by atoms with van der Waals surface area (Å²) in [6.45, 7) is 20.2. The average molecular weight is 816 g/mol. The number of fused-ring (bicyclic) bond motifs is 2. The predicted octanol–water partition coefficient (Wildman–Crippen LogP) is 13.7. The van der Waals surface area contributed by atoms with Gasteiger partial charge in [0.1, 0.15) is 0 Å². The van der Waals surface area contributed by atoms with Crippen molar-refractivity contribution in [3.63, 3.8) is 0 Å². The van der Waals surface area contributed by atoms with Gasteiger partial charge in [0, 0.05) is 0 Å². The summed E-state index contributed by atoms with van der Waals surface area (Å²) in [5, 5.41) is 5.46. The first-order valence-electron chi connectivity index (χ1n) is 15.9. The van der Waals surface area contributed by atoms with Crippen LogP contribution in [0.15, 0.2) is 109 Å². The standard InChI is InChI=1S/2C20H21.C3H6.2ClH.Hf/c2*1-4-15-8-10-16(11-9-15)19-7-5-6-17-12-18(14(2)3)13-20(17)19;1-3-2;;;/h2*5-14H,4H2,1-3H3;1-3H2;2*1H;/q2*-1;-2;;;+4. The van der Waals surface area contributed by atoms with Crippen LogP contribution in [0, 0.1) is 13.8 Å². The van der Waals surface area contributed by atoms with Crippen LogP contribution in [-0.2, 0) is 38.7 Å². The molecule has 0 aliphatic carbocycles. The fraction of sp³-hybridized carbons (Fsp3) is 0.256. The molecular formula is C43H50Cl2Hf. The Hall–Kier alpha value is -2.45. The van der Waals surface area contributed by atoms with Gasteiger partial charge in [-0.15, -0.1) is 93.9 Å². The maximum absolute atomic E-state index is 3.38. The van der Waals surface area contributed by atoms with Crippen LogP contribution in [0.25, 0.3) is 43.8 Å². The SMILES string of the molecule is CCc1ccc(-c2cccc3[cH-]c(C(C)C)cc23)cc1.CCc1ccc(-c2cccc3[cH-]c(C(C)C)cc23)cc1.Cl.Cl.[CH2-]C[CH2-].[Hf+4]. The van der Waals surface area contributed by atoms with Gasteiger partial charge in [0.05, 0.1) is 0 Å². The Morgan fingerprint density at radius 3 is 1.15 bits per heavy atom. The third kappa shape index (κ3) is 10.3. The quantitative estimate of drug-likeness (QED) is 0.116. The normalized spacial score (nSPS) is 10.3. The minimum absolute atomic E-state index is 0. The maximum atomic E-state index is 3.38. The van der Waals surface area contributed by atoms with E-state index >= 15 is 0 Å². The van der Waals surface area contributed by atoms with Crippen LogP contribution in [0.2, 0.25) is 0 Å². The van der Waals surface area contributed by atoms with Crippen LogP contribution in [0.5, 0.6) is 0 Å². The van der Waals surface area contributed by atoms with Gasteiger partial charge in [-0.1, -0.05) is 113 Å². The topological polar surface area (TPSA) is 0 Å². The van der Waals surface area contributed by atoms with E-state index in [9.17, 15) is 0 Å². The number of halogens is 2. The number of rotatable bonds is 6. The summed E-state index contributed by atoms with van der Waals surface area (Å²) >= 11 is 0. The van der Waals surface area contributed by atoms with Gasteiger partial charge in [0.25, 0.3) is 0 Å². The molecule has 0 aliphatic heterocycles. The van der Waals surface area contributed by atoms with Crippen molar-refractivity contribution in [1.82, 2.24) is 0 Å². The molecule has 46 heavy (non-hydrogen) atoms. The van der Waals surface area contributed by atoms with Crippen LogP contribution in [0.4, 0.5) is 0 Å². The third-order valence-electron chi connectivity index (χ3n) is 8.23. The molecule has 0 saturated carbocycles. The molecule has 0 nitrogen and oxygen atoms in total. The molecule has 0 N–H and O–H groups in total. The Morgan fingerprint density at radius 2 is 0.870 bits per heavy atom. The Kier molecular flexibility index (Phi) is 18.1. The molecule has 0 bridgehead atoms. The van der Waals surface area contributed by atoms with Crippen LogP contribution < -0.4 is 0 Å². The zero-order valence-corrected chi connectivity index (χ0v) is 33.6. The largest absolute Gasteiger partial charge is 4.00 e. The average Bonchev–Trinajstić information content (AvgIpc) is 3.67. The molecule has 0 radical (unpaired) electrons. The van der Waals surface area contributed by atoms with Crippen molar-refractivity contribution in [3.8, 4) is 22.3 Å². The van der Waals surface area contributed by atoms with Gasteiger partial charge in [-0.2, -0.15) is 12.1 Å². The summed E-state index contributed by atoms with van der Waals surface area (Å²) in [5.41, 5.74) is 11.0. The van der Waals surface area contributed by atoms with Crippen LogP contribution >= 0.6 is 24.8 Å². The molecule has 6 aromatic rings. The Labute approximate surface area is 310 Å². The van der Waals surface area contributed by atoms with Gasteiger partial charge >= 0.3 is 25.8 Å². The smallest absolute Gasteiger partial charge is 0.372 e. The molecule has 0 heterocycles. The molecule has 6 aromatic carbocycles. The van der Waals surface area contributed by atoms with Crippen molar-refractivity contribution in [2.75, 3.05) is 0 Å². The van der Waals surface area contributed by atoms with E-state index in [2.05, 4.69) is 165 Å². The third-order valence-corrected chi connectivity index (χ3v) is 8.23. The number of hydrogen-bond acceptors (Lipinski definition) is 0. The van der Waals surface area contributed by atoms with Crippen molar-refractivity contribution in [2.45, 2.75) is 72.6 Å². The van der Waals surface area contributed by atoms with Crippen molar-refractivity contribution in [2.24, 2.45) is 0 Å². The van der Waals surface area contributed by atoms with E-state index in [0.717, 1.165) is 19.3 Å². The Bertz CT molecular complexity index is 1590. The van der Waals surface area contributed by atoms with Gasteiger partial charge in [0.2, 0.25) is 0 Å². The van der Waals surface area contributed by atoms with E-state index < -0.39 is 0 Å². The van der Waals surface area contributed by atoms with E-state index in [4.69, 9.17) is 0 Å². The Balaban J connectivity index is 0.000000400. The summed E-state index contributed by atoms with van der Waals surface area (Å²) < 4.78 is 0. The molecule has 0 fully saturated rings. The van der Waals surface area contributed by atoms with Crippen molar-refractivity contribution < 1.29 is 25.8 Å². The maximum Gasteiger partial charge on any atom is 4.00 e. The molecule has 0 aliphatic rings. The van der Waals surface area contributed by atoms with E-state index in [0.29, 0.717) is 11.8 Å². The van der Waals surface area contributed by atoms with Gasteiger partial charge in [-0.3, -0.25) is 0 Å². The van der Waals surface area contributed by atoms with Crippen molar-refractivity contribution >= 4 is 46.4 Å². The first-order valence-corrected chi connectivity index (χ1v) is 15.9. The molecule has 3 heteroatoms. The first-order chi connectivity index (χ1) is 20.8.